The summed E-state index contributed by atoms with van der Waals surface area (Å²) < 4.78 is 5.33. The molecule has 1 aliphatic heterocycles. The number of hydrogen-bond acceptors (Lipinski definition) is 5. The van der Waals surface area contributed by atoms with Gasteiger partial charge in [-0.3, -0.25) is 0 Å². The Balaban J connectivity index is 2.23. The highest BCUT2D eigenvalue weighted by Crippen LogP contribution is 2.26. The fourth-order valence-corrected chi connectivity index (χ4v) is 2.31. The van der Waals surface area contributed by atoms with Crippen LogP contribution < -0.4 is 9.64 Å². The monoisotopic (exact) mass is 265 g/mol. The van der Waals surface area contributed by atoms with Crippen molar-refractivity contribution in [3.05, 3.63) is 12.3 Å². The third-order valence-corrected chi connectivity index (χ3v) is 3.32. The van der Waals surface area contributed by atoms with Gasteiger partial charge in [0.2, 0.25) is 11.8 Å². The first-order chi connectivity index (χ1) is 9.11. The van der Waals surface area contributed by atoms with E-state index in [9.17, 15) is 9.90 Å². The normalized spacial score (nSPS) is 23.2. The van der Waals surface area contributed by atoms with E-state index in [-0.39, 0.29) is 0 Å². The maximum Gasteiger partial charge on any atom is 0.326 e. The van der Waals surface area contributed by atoms with Gasteiger partial charge in [0, 0.05) is 18.8 Å². The molecule has 0 saturated carbocycles. The molecule has 0 spiro atoms. The number of carboxylic acid groups (broad SMARTS) is 1. The maximum absolute atomic E-state index is 11.4. The van der Waals surface area contributed by atoms with Gasteiger partial charge in [-0.2, -0.15) is 4.98 Å². The minimum atomic E-state index is -0.822. The Morgan fingerprint density at radius 3 is 3.11 bits per heavy atom. The lowest BCUT2D eigenvalue weighted by Crippen LogP contribution is -2.47. The number of piperidine rings is 1. The van der Waals surface area contributed by atoms with Gasteiger partial charge >= 0.3 is 5.97 Å². The van der Waals surface area contributed by atoms with E-state index < -0.39 is 12.0 Å². The second kappa shape index (κ2) is 5.86. The number of rotatable bonds is 4. The van der Waals surface area contributed by atoms with E-state index in [2.05, 4.69) is 16.9 Å². The Morgan fingerprint density at radius 1 is 1.63 bits per heavy atom. The number of carboxylic acids is 1. The Bertz CT molecular complexity index is 453. The molecule has 0 radical (unpaired) electrons. The van der Waals surface area contributed by atoms with Crippen molar-refractivity contribution in [2.45, 2.75) is 32.7 Å². The van der Waals surface area contributed by atoms with E-state index >= 15 is 0 Å². The van der Waals surface area contributed by atoms with Crippen molar-refractivity contribution >= 4 is 11.9 Å². The van der Waals surface area contributed by atoms with Crippen LogP contribution >= 0.6 is 0 Å². The van der Waals surface area contributed by atoms with Crippen LogP contribution in [0.15, 0.2) is 12.3 Å². The average Bonchev–Trinajstić information content (AvgIpc) is 2.39. The van der Waals surface area contributed by atoms with E-state index in [0.717, 1.165) is 6.42 Å². The second-order valence-electron chi connectivity index (χ2n) is 4.80. The summed E-state index contributed by atoms with van der Waals surface area (Å²) in [6.07, 6.45) is 3.17. The van der Waals surface area contributed by atoms with Crippen LogP contribution in [0, 0.1) is 5.92 Å². The summed E-state index contributed by atoms with van der Waals surface area (Å²) in [5.74, 6) is 0.505. The fourth-order valence-electron chi connectivity index (χ4n) is 2.31. The zero-order chi connectivity index (χ0) is 13.8. The van der Waals surface area contributed by atoms with E-state index in [4.69, 9.17) is 4.74 Å². The van der Waals surface area contributed by atoms with Gasteiger partial charge in [0.05, 0.1) is 6.61 Å². The molecule has 2 unspecified atom stereocenters. The summed E-state index contributed by atoms with van der Waals surface area (Å²) in [4.78, 5) is 21.6. The van der Waals surface area contributed by atoms with Gasteiger partial charge < -0.3 is 14.7 Å². The van der Waals surface area contributed by atoms with Crippen LogP contribution in [0.25, 0.3) is 0 Å². The van der Waals surface area contributed by atoms with Crippen molar-refractivity contribution in [3.8, 4) is 5.88 Å². The molecule has 104 valence electrons. The van der Waals surface area contributed by atoms with Crippen molar-refractivity contribution in [1.82, 2.24) is 9.97 Å². The van der Waals surface area contributed by atoms with Crippen molar-refractivity contribution < 1.29 is 14.6 Å². The highest BCUT2D eigenvalue weighted by atomic mass is 16.5. The molecule has 2 heterocycles. The van der Waals surface area contributed by atoms with Crippen molar-refractivity contribution in [2.75, 3.05) is 18.1 Å². The van der Waals surface area contributed by atoms with Crippen LogP contribution in [0.4, 0.5) is 5.95 Å². The molecule has 1 N–H and O–H groups in total. The minimum Gasteiger partial charge on any atom is -0.480 e. The summed E-state index contributed by atoms with van der Waals surface area (Å²) in [5.41, 5.74) is 0. The Morgan fingerprint density at radius 2 is 2.42 bits per heavy atom. The molecule has 19 heavy (non-hydrogen) atoms. The molecule has 0 aliphatic carbocycles. The zero-order valence-corrected chi connectivity index (χ0v) is 11.2. The number of aromatic nitrogens is 2. The van der Waals surface area contributed by atoms with E-state index in [1.54, 1.807) is 17.2 Å². The molecule has 1 aromatic heterocycles. The molecule has 6 heteroatoms. The SMILES string of the molecule is CCOc1ccnc(N2CCC(C)CC2C(=O)O)n1. The number of anilines is 1. The summed E-state index contributed by atoms with van der Waals surface area (Å²) >= 11 is 0. The molecular weight excluding hydrogens is 246 g/mol. The highest BCUT2D eigenvalue weighted by molar-refractivity contribution is 5.77. The average molecular weight is 265 g/mol. The second-order valence-corrected chi connectivity index (χ2v) is 4.80. The zero-order valence-electron chi connectivity index (χ0n) is 11.2. The third-order valence-electron chi connectivity index (χ3n) is 3.32. The lowest BCUT2D eigenvalue weighted by Gasteiger charge is -2.35. The number of carbonyl (C=O) groups is 1. The van der Waals surface area contributed by atoms with E-state index in [1.165, 1.54) is 0 Å². The van der Waals surface area contributed by atoms with Crippen LogP contribution in [0.1, 0.15) is 26.7 Å². The van der Waals surface area contributed by atoms with Crippen LogP contribution in [-0.4, -0.2) is 40.2 Å². The van der Waals surface area contributed by atoms with Gasteiger partial charge in [0.1, 0.15) is 6.04 Å². The first-order valence-electron chi connectivity index (χ1n) is 6.57. The number of nitrogens with zero attached hydrogens (tertiary/aromatic N) is 3. The molecule has 2 atom stereocenters. The summed E-state index contributed by atoms with van der Waals surface area (Å²) in [5, 5.41) is 9.33. The number of ether oxygens (including phenoxy) is 1. The highest BCUT2D eigenvalue weighted by Gasteiger charge is 2.33. The molecule has 0 bridgehead atoms. The Kier molecular flexibility index (Phi) is 4.19. The lowest BCUT2D eigenvalue weighted by molar-refractivity contribution is -0.139. The van der Waals surface area contributed by atoms with Gasteiger partial charge in [-0.05, 0) is 25.7 Å². The molecule has 0 amide bonds. The molecule has 6 nitrogen and oxygen atoms in total. The third kappa shape index (κ3) is 3.13. The van der Waals surface area contributed by atoms with Gasteiger partial charge in [-0.25, -0.2) is 9.78 Å². The maximum atomic E-state index is 11.4. The summed E-state index contributed by atoms with van der Waals surface area (Å²) in [6, 6.07) is 1.12. The van der Waals surface area contributed by atoms with Crippen LogP contribution in [0.3, 0.4) is 0 Å². The van der Waals surface area contributed by atoms with Gasteiger partial charge in [0.15, 0.2) is 0 Å². The van der Waals surface area contributed by atoms with E-state index in [0.29, 0.717) is 37.3 Å². The lowest BCUT2D eigenvalue weighted by atomic mass is 9.93. The van der Waals surface area contributed by atoms with Crippen LogP contribution in [0.5, 0.6) is 5.88 Å². The molecule has 1 fully saturated rings. The van der Waals surface area contributed by atoms with E-state index in [1.807, 2.05) is 6.92 Å². The number of aliphatic carboxylic acids is 1. The summed E-state index contributed by atoms with van der Waals surface area (Å²) in [7, 11) is 0. The fraction of sp³-hybridized carbons (Fsp3) is 0.615. The molecular formula is C13H19N3O3. The Labute approximate surface area is 112 Å². The Hall–Kier alpha value is -1.85. The molecule has 1 saturated heterocycles. The quantitative estimate of drug-likeness (QED) is 0.890. The minimum absolute atomic E-state index is 0.410. The summed E-state index contributed by atoms with van der Waals surface area (Å²) in [6.45, 7) is 5.14. The molecule has 0 aromatic carbocycles. The predicted molar refractivity (Wildman–Crippen MR) is 70.4 cm³/mol. The van der Waals surface area contributed by atoms with Crippen LogP contribution in [-0.2, 0) is 4.79 Å². The largest absolute Gasteiger partial charge is 0.480 e. The molecule has 2 rings (SSSR count). The van der Waals surface area contributed by atoms with Crippen LogP contribution in [0.2, 0.25) is 0 Å². The molecule has 1 aliphatic rings. The smallest absolute Gasteiger partial charge is 0.326 e. The van der Waals surface area contributed by atoms with Crippen molar-refractivity contribution in [1.29, 1.82) is 0 Å². The topological polar surface area (TPSA) is 75.5 Å². The first kappa shape index (κ1) is 13.6. The molecule has 1 aromatic rings. The van der Waals surface area contributed by atoms with Gasteiger partial charge in [-0.15, -0.1) is 0 Å². The standard InChI is InChI=1S/C13H19N3O3/c1-3-19-11-4-6-14-13(15-11)16-7-5-9(2)8-10(16)12(17)18/h4,6,9-10H,3,5,7-8H2,1-2H3,(H,17,18). The van der Waals surface area contributed by atoms with Crippen molar-refractivity contribution in [3.63, 3.8) is 0 Å². The van der Waals surface area contributed by atoms with Gasteiger partial charge in [-0.1, -0.05) is 6.92 Å². The number of hydrogen-bond donors (Lipinski definition) is 1. The van der Waals surface area contributed by atoms with Gasteiger partial charge in [0.25, 0.3) is 0 Å². The predicted octanol–water partition coefficient (Wildman–Crippen LogP) is 1.56. The first-order valence-corrected chi connectivity index (χ1v) is 6.57. The van der Waals surface area contributed by atoms with Crippen molar-refractivity contribution in [2.24, 2.45) is 5.92 Å².